The Morgan fingerprint density at radius 3 is 1.53 bits per heavy atom. The quantitative estimate of drug-likeness (QED) is 0.121. The van der Waals surface area contributed by atoms with Gasteiger partial charge in [0.25, 0.3) is 0 Å². The van der Waals surface area contributed by atoms with Crippen LogP contribution in [-0.2, 0) is 48.1 Å². The zero-order chi connectivity index (χ0) is 67.7. The summed E-state index contributed by atoms with van der Waals surface area (Å²) in [6, 6.07) is 69.0. The summed E-state index contributed by atoms with van der Waals surface area (Å²) >= 11 is 0. The molecule has 1 aliphatic heterocycles. The molecule has 6 nitrogen and oxygen atoms in total. The zero-order valence-corrected chi connectivity index (χ0v) is 62.7. The van der Waals surface area contributed by atoms with Crippen molar-refractivity contribution in [3.05, 3.63) is 233 Å². The number of fused-ring (bicyclic) bond motifs is 8. The summed E-state index contributed by atoms with van der Waals surface area (Å²) in [6.45, 7) is 51.0. The number of para-hydroxylation sites is 4. The van der Waals surface area contributed by atoms with Crippen LogP contribution in [0.2, 0.25) is 0 Å². The van der Waals surface area contributed by atoms with E-state index in [2.05, 4.69) is 336 Å². The van der Waals surface area contributed by atoms with E-state index in [9.17, 15) is 0 Å². The second-order valence-electron chi connectivity index (χ2n) is 32.9. The second-order valence-corrected chi connectivity index (χ2v) is 32.9. The Balaban J connectivity index is 0.00000881. The first-order valence-electron chi connectivity index (χ1n) is 34.4. The van der Waals surface area contributed by atoms with Crippen LogP contribution in [-0.4, -0.2) is 9.55 Å². The Labute approximate surface area is 586 Å². The number of benzene rings is 9. The molecule has 0 spiro atoms. The summed E-state index contributed by atoms with van der Waals surface area (Å²) in [6.07, 6.45) is 1.93. The molecular formula is C89H95N4O2Pt-3. The molecule has 7 heteroatoms. The van der Waals surface area contributed by atoms with Gasteiger partial charge in [-0.05, 0) is 154 Å². The van der Waals surface area contributed by atoms with Gasteiger partial charge in [-0.15, -0.1) is 48.3 Å². The first-order valence-corrected chi connectivity index (χ1v) is 34.4. The number of aromatic nitrogens is 2. The maximum Gasteiger partial charge on any atom is 0.135 e. The van der Waals surface area contributed by atoms with Crippen molar-refractivity contribution in [1.82, 2.24) is 9.55 Å². The number of ether oxygens (including phenoxy) is 1. The normalized spacial score (nSPS) is 13.4. The first kappa shape index (κ1) is 67.8. The van der Waals surface area contributed by atoms with E-state index >= 15 is 0 Å². The fourth-order valence-corrected chi connectivity index (χ4v) is 13.8. The van der Waals surface area contributed by atoms with Crippen LogP contribution in [0.4, 0.5) is 22.7 Å². The molecule has 0 atom stereocenters. The van der Waals surface area contributed by atoms with E-state index in [-0.39, 0.29) is 60.0 Å². The van der Waals surface area contributed by atoms with Crippen molar-refractivity contribution < 1.29 is 30.2 Å². The van der Waals surface area contributed by atoms with Crippen molar-refractivity contribution in [3.8, 4) is 50.7 Å². The van der Waals surface area contributed by atoms with Gasteiger partial charge in [-0.3, -0.25) is 0 Å². The molecule has 0 bridgehead atoms. The van der Waals surface area contributed by atoms with E-state index in [1.165, 1.54) is 61.2 Å². The Kier molecular flexibility index (Phi) is 17.5. The largest absolute Gasteiger partial charge is 0.509 e. The molecule has 0 saturated carbocycles. The van der Waals surface area contributed by atoms with E-state index in [1.54, 1.807) is 0 Å². The van der Waals surface area contributed by atoms with Crippen LogP contribution in [0.1, 0.15) is 208 Å². The van der Waals surface area contributed by atoms with E-state index in [0.717, 1.165) is 89.0 Å². The Bertz CT molecular complexity index is 4790. The molecule has 13 rings (SSSR count). The van der Waals surface area contributed by atoms with Crippen LogP contribution >= 0.6 is 0 Å². The van der Waals surface area contributed by atoms with E-state index in [4.69, 9.17) is 14.1 Å². The van der Waals surface area contributed by atoms with Gasteiger partial charge in [-0.2, -0.15) is 6.07 Å². The van der Waals surface area contributed by atoms with Gasteiger partial charge in [-0.25, -0.2) is 4.98 Å². The van der Waals surface area contributed by atoms with Crippen LogP contribution in [0.5, 0.6) is 11.5 Å². The number of furan rings is 1. The average molecular weight is 1450 g/mol. The van der Waals surface area contributed by atoms with Crippen LogP contribution in [0.3, 0.4) is 0 Å². The zero-order valence-electron chi connectivity index (χ0n) is 60.4. The van der Waals surface area contributed by atoms with Crippen molar-refractivity contribution in [2.45, 2.75) is 190 Å². The predicted octanol–water partition coefficient (Wildman–Crippen LogP) is 25.7. The molecule has 0 aliphatic carbocycles. The monoisotopic (exact) mass is 1450 g/mol. The molecule has 0 radical (unpaired) electrons. The standard InChI is InChI=1S/C89H95N4O2.Pt/c1-53(2)56-45-73(54(3)4)81(74(46-56)55(5)6)59-43-65(50-67(44-59)94-66-33-34-72-78(51-66)93(80-49-60(37-38-90-80)85(7,8)9)77-36-35-71-70-27-22-25-32-79(70)95-84(71)82(72)77)91-52-92(76-31-24-23-30-75(76)91)83-68(57-39-61(86(10,11)12)47-62(40-57)87(13,14)15)28-26-29-69(83)58-41-63(88(16,17)18)48-64(42-58)89(19,20)21;/h22-49,52-55H,1-21H3;/q-3;. The number of rotatable bonds is 11. The minimum atomic E-state index is -0.114. The maximum atomic E-state index is 7.40. The van der Waals surface area contributed by atoms with Gasteiger partial charge in [0.15, 0.2) is 0 Å². The molecule has 0 amide bonds. The average Bonchev–Trinajstić information content (AvgIpc) is 1.54. The van der Waals surface area contributed by atoms with E-state index in [1.807, 2.05) is 12.3 Å². The smallest absolute Gasteiger partial charge is 0.135 e. The molecule has 96 heavy (non-hydrogen) atoms. The van der Waals surface area contributed by atoms with Crippen molar-refractivity contribution >= 4 is 66.5 Å². The van der Waals surface area contributed by atoms with Gasteiger partial charge in [0.05, 0.1) is 0 Å². The Morgan fingerprint density at radius 2 is 0.990 bits per heavy atom. The SMILES string of the molecule is CC(C)c1cc(C(C)C)c(-c2cc(Oc3[c-]c4c(cc3)c3c5oc6ccccc6c5ccc3n4-c3cc(C(C)(C)C)ccn3)[c-]c(N3[CH-]N(c4c(-c5cc(C(C)(C)C)cc(C(C)(C)C)c5)cccc4-c4cc(C(C)(C)C)cc(C(C)(C)C)c4)c4ccccc43)c2)c(C(C)C)c1.[Pt]. The number of hydrogen-bond donors (Lipinski definition) is 0. The molecule has 496 valence electrons. The summed E-state index contributed by atoms with van der Waals surface area (Å²) in [5, 5.41) is 4.15. The third-order valence-electron chi connectivity index (χ3n) is 19.6. The van der Waals surface area contributed by atoms with Crippen LogP contribution in [0.25, 0.3) is 82.9 Å². The molecular weight excluding hydrogens is 1350 g/mol. The van der Waals surface area contributed by atoms with Crippen LogP contribution in [0, 0.1) is 18.8 Å². The minimum absolute atomic E-state index is 0. The van der Waals surface area contributed by atoms with Gasteiger partial charge in [0, 0.05) is 83.2 Å². The molecule has 0 fully saturated rings. The van der Waals surface area contributed by atoms with E-state index in [0.29, 0.717) is 17.4 Å². The third kappa shape index (κ3) is 12.5. The predicted molar refractivity (Wildman–Crippen MR) is 404 cm³/mol. The molecule has 1 aliphatic rings. The van der Waals surface area contributed by atoms with Gasteiger partial charge in [-0.1, -0.05) is 253 Å². The number of pyridine rings is 1. The van der Waals surface area contributed by atoms with Gasteiger partial charge >= 0.3 is 0 Å². The summed E-state index contributed by atoms with van der Waals surface area (Å²) in [5.41, 5.74) is 24.4. The maximum absolute atomic E-state index is 7.40. The van der Waals surface area contributed by atoms with Gasteiger partial charge < -0.3 is 23.5 Å². The van der Waals surface area contributed by atoms with Crippen molar-refractivity contribution in [2.24, 2.45) is 0 Å². The van der Waals surface area contributed by atoms with Gasteiger partial charge in [0.2, 0.25) is 0 Å². The molecule has 9 aromatic carbocycles. The summed E-state index contributed by atoms with van der Waals surface area (Å²) in [5.74, 6) is 2.75. The summed E-state index contributed by atoms with van der Waals surface area (Å²) < 4.78 is 16.4. The summed E-state index contributed by atoms with van der Waals surface area (Å²) in [4.78, 5) is 9.89. The number of nitrogens with zero attached hydrogens (tertiary/aromatic N) is 4. The Hall–Kier alpha value is -8.18. The molecule has 0 saturated heterocycles. The molecule has 12 aromatic rings. The second kappa shape index (κ2) is 24.7. The number of anilines is 4. The van der Waals surface area contributed by atoms with Crippen molar-refractivity contribution in [2.75, 3.05) is 9.80 Å². The first-order chi connectivity index (χ1) is 44.7. The minimum Gasteiger partial charge on any atom is -0.509 e. The molecule has 0 N–H and O–H groups in total. The van der Waals surface area contributed by atoms with Crippen molar-refractivity contribution in [1.29, 1.82) is 0 Å². The van der Waals surface area contributed by atoms with Gasteiger partial charge in [0.1, 0.15) is 17.0 Å². The van der Waals surface area contributed by atoms with Crippen molar-refractivity contribution in [3.63, 3.8) is 0 Å². The molecule has 4 heterocycles. The van der Waals surface area contributed by atoms with Crippen LogP contribution in [0.15, 0.2) is 174 Å². The molecule has 0 unspecified atom stereocenters. The number of hydrogen-bond acceptors (Lipinski definition) is 5. The summed E-state index contributed by atoms with van der Waals surface area (Å²) in [7, 11) is 0. The molecule has 3 aromatic heterocycles. The fourth-order valence-electron chi connectivity index (χ4n) is 13.8. The Morgan fingerprint density at radius 1 is 0.458 bits per heavy atom. The fraction of sp³-hybridized carbons (Fsp3) is 0.326. The van der Waals surface area contributed by atoms with Crippen LogP contribution < -0.4 is 14.5 Å². The van der Waals surface area contributed by atoms with E-state index < -0.39 is 0 Å². The topological polar surface area (TPSA) is 46.7 Å². The third-order valence-corrected chi connectivity index (χ3v) is 19.6.